The minimum absolute atomic E-state index is 0.0196. The lowest BCUT2D eigenvalue weighted by molar-refractivity contribution is -0.133. The van der Waals surface area contributed by atoms with Crippen molar-refractivity contribution in [2.24, 2.45) is 5.92 Å². The summed E-state index contributed by atoms with van der Waals surface area (Å²) in [4.78, 5) is 31.5. The van der Waals surface area contributed by atoms with Crippen molar-refractivity contribution in [1.82, 2.24) is 19.0 Å². The SMILES string of the molecule is Cc1nc2ccccc2n1CC1CCN(C(=O)Cn2c(=O)oc3ccccc32)CC1. The Morgan fingerprint density at radius 2 is 1.73 bits per heavy atom. The zero-order chi connectivity index (χ0) is 20.7. The summed E-state index contributed by atoms with van der Waals surface area (Å²) in [6, 6.07) is 15.4. The molecule has 1 aliphatic rings. The van der Waals surface area contributed by atoms with Gasteiger partial charge in [0.05, 0.1) is 16.6 Å². The van der Waals surface area contributed by atoms with Crippen molar-refractivity contribution in [3.63, 3.8) is 0 Å². The Labute approximate surface area is 173 Å². The van der Waals surface area contributed by atoms with E-state index in [1.165, 1.54) is 10.1 Å². The van der Waals surface area contributed by atoms with Gasteiger partial charge >= 0.3 is 5.76 Å². The minimum atomic E-state index is -0.484. The van der Waals surface area contributed by atoms with Crippen LogP contribution in [0.3, 0.4) is 0 Å². The molecule has 0 aliphatic carbocycles. The maximum Gasteiger partial charge on any atom is 0.420 e. The van der Waals surface area contributed by atoms with Crippen molar-refractivity contribution in [2.75, 3.05) is 13.1 Å². The van der Waals surface area contributed by atoms with Crippen LogP contribution < -0.4 is 5.76 Å². The van der Waals surface area contributed by atoms with Gasteiger partial charge in [-0.25, -0.2) is 9.78 Å². The molecule has 5 rings (SSSR count). The van der Waals surface area contributed by atoms with Crippen LogP contribution in [0.4, 0.5) is 0 Å². The summed E-state index contributed by atoms with van der Waals surface area (Å²) in [5.41, 5.74) is 3.37. The fourth-order valence-corrected chi connectivity index (χ4v) is 4.45. The van der Waals surface area contributed by atoms with Crippen LogP contribution >= 0.6 is 0 Å². The van der Waals surface area contributed by atoms with Crippen molar-refractivity contribution in [3.8, 4) is 0 Å². The van der Waals surface area contributed by atoms with Gasteiger partial charge < -0.3 is 13.9 Å². The highest BCUT2D eigenvalue weighted by atomic mass is 16.4. The van der Waals surface area contributed by atoms with E-state index >= 15 is 0 Å². The fourth-order valence-electron chi connectivity index (χ4n) is 4.45. The number of oxazole rings is 1. The molecule has 0 radical (unpaired) electrons. The maximum absolute atomic E-state index is 12.8. The van der Waals surface area contributed by atoms with Gasteiger partial charge in [-0.3, -0.25) is 9.36 Å². The Bertz CT molecular complexity index is 1270. The summed E-state index contributed by atoms with van der Waals surface area (Å²) in [5, 5.41) is 0. The van der Waals surface area contributed by atoms with Gasteiger partial charge in [-0.15, -0.1) is 0 Å². The quantitative estimate of drug-likeness (QED) is 0.524. The number of hydrogen-bond donors (Lipinski definition) is 0. The van der Waals surface area contributed by atoms with E-state index in [1.807, 2.05) is 42.2 Å². The number of nitrogens with zero attached hydrogens (tertiary/aromatic N) is 4. The number of carbonyl (C=O) groups is 1. The second-order valence-electron chi connectivity index (χ2n) is 8.00. The van der Waals surface area contributed by atoms with Gasteiger partial charge in [-0.1, -0.05) is 24.3 Å². The Hall–Kier alpha value is -3.35. The van der Waals surface area contributed by atoms with E-state index in [9.17, 15) is 9.59 Å². The number of hydrogen-bond acceptors (Lipinski definition) is 4. The number of rotatable bonds is 4. The summed E-state index contributed by atoms with van der Waals surface area (Å²) >= 11 is 0. The number of amides is 1. The average molecular weight is 404 g/mol. The van der Waals surface area contributed by atoms with Crippen LogP contribution in [0.15, 0.2) is 57.7 Å². The van der Waals surface area contributed by atoms with Crippen molar-refractivity contribution in [2.45, 2.75) is 32.9 Å². The van der Waals surface area contributed by atoms with Crippen LogP contribution in [0, 0.1) is 12.8 Å². The van der Waals surface area contributed by atoms with Crippen molar-refractivity contribution in [3.05, 3.63) is 64.9 Å². The van der Waals surface area contributed by atoms with E-state index in [1.54, 1.807) is 12.1 Å². The molecule has 2 aromatic carbocycles. The largest absolute Gasteiger partial charge is 0.420 e. The molecular weight excluding hydrogens is 380 g/mol. The molecular formula is C23H24N4O3. The minimum Gasteiger partial charge on any atom is -0.408 e. The van der Waals surface area contributed by atoms with E-state index in [2.05, 4.69) is 15.6 Å². The summed E-state index contributed by atoms with van der Waals surface area (Å²) in [7, 11) is 0. The Morgan fingerprint density at radius 1 is 1.03 bits per heavy atom. The number of likely N-dealkylation sites (tertiary alicyclic amines) is 1. The molecule has 0 atom stereocenters. The van der Waals surface area contributed by atoms with Gasteiger partial charge in [0.2, 0.25) is 5.91 Å². The molecule has 4 aromatic rings. The van der Waals surface area contributed by atoms with E-state index in [-0.39, 0.29) is 12.5 Å². The summed E-state index contributed by atoms with van der Waals surface area (Å²) in [6.45, 7) is 4.40. The molecule has 1 fully saturated rings. The van der Waals surface area contributed by atoms with Crippen LogP contribution in [-0.2, 0) is 17.9 Å². The van der Waals surface area contributed by atoms with Crippen LogP contribution in [0.2, 0.25) is 0 Å². The molecule has 154 valence electrons. The molecule has 1 saturated heterocycles. The molecule has 7 nitrogen and oxygen atoms in total. The topological polar surface area (TPSA) is 73.3 Å². The first-order valence-corrected chi connectivity index (χ1v) is 10.4. The molecule has 2 aromatic heterocycles. The maximum atomic E-state index is 12.8. The lowest BCUT2D eigenvalue weighted by Crippen LogP contribution is -2.41. The smallest absolute Gasteiger partial charge is 0.408 e. The Kier molecular flexibility index (Phi) is 4.65. The standard InChI is InChI=1S/C23H24N4O3/c1-16-24-18-6-2-3-7-19(18)26(16)14-17-10-12-25(13-11-17)22(28)15-27-20-8-4-5-9-21(20)30-23(27)29/h2-9,17H,10-15H2,1H3. The normalized spacial score (nSPS) is 15.3. The third-order valence-corrected chi connectivity index (χ3v) is 6.12. The molecule has 0 spiro atoms. The third-order valence-electron chi connectivity index (χ3n) is 6.12. The van der Waals surface area contributed by atoms with E-state index in [4.69, 9.17) is 4.42 Å². The first-order chi connectivity index (χ1) is 14.6. The van der Waals surface area contributed by atoms with Crippen LogP contribution in [-0.4, -0.2) is 38.0 Å². The van der Waals surface area contributed by atoms with Crippen LogP contribution in [0.1, 0.15) is 18.7 Å². The number of aromatic nitrogens is 3. The number of para-hydroxylation sites is 4. The van der Waals surface area contributed by atoms with Gasteiger partial charge in [0.15, 0.2) is 5.58 Å². The van der Waals surface area contributed by atoms with E-state index in [0.717, 1.165) is 30.7 Å². The highest BCUT2D eigenvalue weighted by Crippen LogP contribution is 2.24. The van der Waals surface area contributed by atoms with Gasteiger partial charge in [0.25, 0.3) is 0 Å². The second kappa shape index (κ2) is 7.48. The lowest BCUT2D eigenvalue weighted by Gasteiger charge is -2.32. The predicted octanol–water partition coefficient (Wildman–Crippen LogP) is 3.19. The molecule has 1 amide bonds. The second-order valence-corrected chi connectivity index (χ2v) is 8.00. The molecule has 1 aliphatic heterocycles. The molecule has 30 heavy (non-hydrogen) atoms. The first-order valence-electron chi connectivity index (χ1n) is 10.4. The number of benzene rings is 2. The number of fused-ring (bicyclic) bond motifs is 2. The average Bonchev–Trinajstić information content (AvgIpc) is 3.25. The molecule has 0 N–H and O–H groups in total. The van der Waals surface area contributed by atoms with Gasteiger partial charge in [-0.05, 0) is 49.9 Å². The van der Waals surface area contributed by atoms with Gasteiger partial charge in [0.1, 0.15) is 12.4 Å². The highest BCUT2D eigenvalue weighted by Gasteiger charge is 2.25. The van der Waals surface area contributed by atoms with Crippen molar-refractivity contribution < 1.29 is 9.21 Å². The lowest BCUT2D eigenvalue weighted by atomic mass is 9.96. The molecule has 7 heteroatoms. The number of carbonyl (C=O) groups excluding carboxylic acids is 1. The molecule has 3 heterocycles. The molecule has 0 saturated carbocycles. The first kappa shape index (κ1) is 18.7. The number of aryl methyl sites for hydroxylation is 1. The fraction of sp³-hybridized carbons (Fsp3) is 0.348. The van der Waals surface area contributed by atoms with Crippen molar-refractivity contribution in [1.29, 1.82) is 0 Å². The van der Waals surface area contributed by atoms with Crippen LogP contribution in [0.25, 0.3) is 22.1 Å². The Morgan fingerprint density at radius 3 is 2.53 bits per heavy atom. The predicted molar refractivity (Wildman–Crippen MR) is 114 cm³/mol. The zero-order valence-electron chi connectivity index (χ0n) is 17.0. The number of imidazole rings is 1. The monoisotopic (exact) mass is 404 g/mol. The highest BCUT2D eigenvalue weighted by molar-refractivity contribution is 5.79. The summed E-state index contributed by atoms with van der Waals surface area (Å²) in [6.07, 6.45) is 1.89. The van der Waals surface area contributed by atoms with Crippen LogP contribution in [0.5, 0.6) is 0 Å². The van der Waals surface area contributed by atoms with E-state index < -0.39 is 5.76 Å². The van der Waals surface area contributed by atoms with E-state index in [0.29, 0.717) is 30.1 Å². The third kappa shape index (κ3) is 3.30. The van der Waals surface area contributed by atoms with Crippen molar-refractivity contribution >= 4 is 28.0 Å². The summed E-state index contributed by atoms with van der Waals surface area (Å²) in [5.74, 6) is 1.01. The zero-order valence-corrected chi connectivity index (χ0v) is 17.0. The van der Waals surface area contributed by atoms with Gasteiger partial charge in [0, 0.05) is 19.6 Å². The molecule has 0 unspecified atom stereocenters. The number of piperidine rings is 1. The summed E-state index contributed by atoms with van der Waals surface area (Å²) < 4.78 is 8.95. The molecule has 0 bridgehead atoms. The Balaban J connectivity index is 1.24. The van der Waals surface area contributed by atoms with Gasteiger partial charge in [-0.2, -0.15) is 0 Å².